The van der Waals surface area contributed by atoms with Crippen LogP contribution in [-0.4, -0.2) is 38.7 Å². The van der Waals surface area contributed by atoms with Crippen LogP contribution in [0.1, 0.15) is 11.1 Å². The van der Waals surface area contributed by atoms with E-state index < -0.39 is 16.0 Å². The van der Waals surface area contributed by atoms with Crippen LogP contribution in [0, 0.1) is 0 Å². The summed E-state index contributed by atoms with van der Waals surface area (Å²) in [5.41, 5.74) is 1.48. The molecule has 0 radical (unpaired) electrons. The van der Waals surface area contributed by atoms with Gasteiger partial charge in [0.2, 0.25) is 15.9 Å². The van der Waals surface area contributed by atoms with E-state index in [0.717, 1.165) is 9.87 Å². The number of nitrogens with zero attached hydrogens (tertiary/aromatic N) is 2. The summed E-state index contributed by atoms with van der Waals surface area (Å²) in [6.07, 6.45) is 1.63. The molecule has 0 bridgehead atoms. The molecule has 0 fully saturated rings. The van der Waals surface area contributed by atoms with Gasteiger partial charge in [0.15, 0.2) is 5.70 Å². The fraction of sp³-hybridized carbons (Fsp3) is 0.125. The number of hydrogen-bond donors (Lipinski definition) is 0. The summed E-state index contributed by atoms with van der Waals surface area (Å²) in [6, 6.07) is 8.02. The smallest absolute Gasteiger partial charge is 0.363 e. The molecule has 0 saturated carbocycles. The Hall–Kier alpha value is -2.29. The summed E-state index contributed by atoms with van der Waals surface area (Å²) in [6.45, 7) is 0. The van der Waals surface area contributed by atoms with E-state index in [-0.39, 0.29) is 16.5 Å². The van der Waals surface area contributed by atoms with Crippen LogP contribution in [-0.2, 0) is 19.6 Å². The number of ether oxygens (including phenoxy) is 1. The average Bonchev–Trinajstić information content (AvgIpc) is 3.18. The van der Waals surface area contributed by atoms with Crippen LogP contribution in [0.5, 0.6) is 0 Å². The maximum atomic E-state index is 12.2. The van der Waals surface area contributed by atoms with Crippen LogP contribution in [0.2, 0.25) is 0 Å². The van der Waals surface area contributed by atoms with Crippen molar-refractivity contribution in [2.75, 3.05) is 14.1 Å². The molecule has 0 unspecified atom stereocenters. The van der Waals surface area contributed by atoms with Crippen molar-refractivity contribution in [1.29, 1.82) is 0 Å². The third-order valence-electron chi connectivity index (χ3n) is 3.33. The molecule has 0 spiro atoms. The van der Waals surface area contributed by atoms with Crippen molar-refractivity contribution in [2.24, 2.45) is 4.99 Å². The molecule has 0 saturated heterocycles. The van der Waals surface area contributed by atoms with Crippen molar-refractivity contribution in [1.82, 2.24) is 4.31 Å². The lowest BCUT2D eigenvalue weighted by Crippen LogP contribution is -2.22. The molecule has 1 aromatic carbocycles. The number of carbonyl (C=O) groups excluding carboxylic acids is 1. The second-order valence-electron chi connectivity index (χ2n) is 5.21. The Balaban J connectivity index is 1.97. The van der Waals surface area contributed by atoms with Crippen molar-refractivity contribution in [3.63, 3.8) is 0 Å². The third-order valence-corrected chi connectivity index (χ3v) is 5.84. The Kier molecular flexibility index (Phi) is 4.35. The second-order valence-corrected chi connectivity index (χ2v) is 8.14. The summed E-state index contributed by atoms with van der Waals surface area (Å²) in [7, 11) is -0.662. The Morgan fingerprint density at radius 3 is 2.71 bits per heavy atom. The number of esters is 1. The first kappa shape index (κ1) is 16.6. The highest BCUT2D eigenvalue weighted by molar-refractivity contribution is 7.89. The van der Waals surface area contributed by atoms with Crippen LogP contribution < -0.4 is 0 Å². The molecule has 124 valence electrons. The zero-order valence-corrected chi connectivity index (χ0v) is 14.6. The third kappa shape index (κ3) is 3.16. The predicted octanol–water partition coefficient (Wildman–Crippen LogP) is 2.34. The fourth-order valence-electron chi connectivity index (χ4n) is 2.05. The van der Waals surface area contributed by atoms with E-state index in [2.05, 4.69) is 4.99 Å². The maximum Gasteiger partial charge on any atom is 0.363 e. The lowest BCUT2D eigenvalue weighted by molar-refractivity contribution is -0.129. The highest BCUT2D eigenvalue weighted by Crippen LogP contribution is 2.22. The minimum absolute atomic E-state index is 0.0947. The topological polar surface area (TPSA) is 76.0 Å². The normalized spacial score (nSPS) is 16.5. The molecular weight excluding hydrogens is 348 g/mol. The highest BCUT2D eigenvalue weighted by atomic mass is 32.2. The zero-order chi connectivity index (χ0) is 17.3. The molecule has 24 heavy (non-hydrogen) atoms. The van der Waals surface area contributed by atoms with Crippen molar-refractivity contribution >= 4 is 39.3 Å². The number of sulfonamides is 1. The van der Waals surface area contributed by atoms with Gasteiger partial charge in [-0.2, -0.15) is 11.3 Å². The first-order chi connectivity index (χ1) is 11.4. The minimum Gasteiger partial charge on any atom is -0.402 e. The number of cyclic esters (lactones) is 1. The summed E-state index contributed by atoms with van der Waals surface area (Å²) < 4.78 is 30.7. The van der Waals surface area contributed by atoms with Crippen molar-refractivity contribution in [2.45, 2.75) is 4.90 Å². The van der Waals surface area contributed by atoms with Crippen LogP contribution in [0.4, 0.5) is 0 Å². The van der Waals surface area contributed by atoms with E-state index >= 15 is 0 Å². The van der Waals surface area contributed by atoms with Gasteiger partial charge < -0.3 is 4.74 Å². The Labute approximate surface area is 143 Å². The first-order valence-corrected chi connectivity index (χ1v) is 9.34. The summed E-state index contributed by atoms with van der Waals surface area (Å²) in [4.78, 5) is 16.2. The standard InChI is InChI=1S/C16H14N2O4S2/c1-18(2)24(20,21)13-5-3-4-12(9-13)15-17-14(16(19)22-15)8-11-6-7-23-10-11/h3-10H,1-2H3. The van der Waals surface area contributed by atoms with Crippen molar-refractivity contribution < 1.29 is 17.9 Å². The summed E-state index contributed by atoms with van der Waals surface area (Å²) in [5, 5.41) is 3.78. The van der Waals surface area contributed by atoms with E-state index in [4.69, 9.17) is 4.74 Å². The molecule has 1 aromatic heterocycles. The van der Waals surface area contributed by atoms with Crippen LogP contribution in [0.3, 0.4) is 0 Å². The SMILES string of the molecule is CN(C)S(=O)(=O)c1cccc(C2=NC(=Cc3ccsc3)C(=O)O2)c1. The molecule has 2 aromatic rings. The van der Waals surface area contributed by atoms with Crippen LogP contribution in [0.15, 0.2) is 56.7 Å². The average molecular weight is 362 g/mol. The predicted molar refractivity (Wildman–Crippen MR) is 92.2 cm³/mol. The monoisotopic (exact) mass is 362 g/mol. The molecule has 2 heterocycles. The van der Waals surface area contributed by atoms with Gasteiger partial charge >= 0.3 is 5.97 Å². The van der Waals surface area contributed by atoms with Gasteiger partial charge in [-0.15, -0.1) is 0 Å². The number of rotatable bonds is 4. The number of aliphatic imine (C=N–C) groups is 1. The fourth-order valence-corrected chi connectivity index (χ4v) is 3.61. The van der Waals surface area contributed by atoms with E-state index in [9.17, 15) is 13.2 Å². The van der Waals surface area contributed by atoms with Gasteiger partial charge in [0, 0.05) is 19.7 Å². The molecule has 6 nitrogen and oxygen atoms in total. The molecular formula is C16H14N2O4S2. The molecule has 0 amide bonds. The first-order valence-electron chi connectivity index (χ1n) is 6.95. The Morgan fingerprint density at radius 2 is 2.04 bits per heavy atom. The van der Waals surface area contributed by atoms with Crippen molar-refractivity contribution in [3.05, 3.63) is 57.9 Å². The highest BCUT2D eigenvalue weighted by Gasteiger charge is 2.25. The van der Waals surface area contributed by atoms with E-state index in [1.807, 2.05) is 16.8 Å². The number of benzene rings is 1. The minimum atomic E-state index is -3.57. The summed E-state index contributed by atoms with van der Waals surface area (Å²) in [5.74, 6) is -0.464. The molecule has 0 aliphatic carbocycles. The molecule has 0 atom stereocenters. The van der Waals surface area contributed by atoms with Gasteiger partial charge in [-0.25, -0.2) is 22.5 Å². The molecule has 3 rings (SSSR count). The maximum absolute atomic E-state index is 12.2. The van der Waals surface area contributed by atoms with Crippen molar-refractivity contribution in [3.8, 4) is 0 Å². The van der Waals surface area contributed by atoms with E-state index in [1.54, 1.807) is 18.2 Å². The summed E-state index contributed by atoms with van der Waals surface area (Å²) >= 11 is 1.51. The Bertz CT molecular complexity index is 942. The van der Waals surface area contributed by atoms with Gasteiger partial charge in [0.05, 0.1) is 4.90 Å². The van der Waals surface area contributed by atoms with Gasteiger partial charge in [0.25, 0.3) is 0 Å². The molecule has 1 aliphatic heterocycles. The second kappa shape index (κ2) is 6.31. The molecule has 0 N–H and O–H groups in total. The largest absolute Gasteiger partial charge is 0.402 e. The quantitative estimate of drug-likeness (QED) is 0.618. The lowest BCUT2D eigenvalue weighted by atomic mass is 10.2. The zero-order valence-electron chi connectivity index (χ0n) is 13.0. The molecule has 8 heteroatoms. The van der Waals surface area contributed by atoms with E-state index in [1.165, 1.54) is 37.6 Å². The van der Waals surface area contributed by atoms with Gasteiger partial charge in [-0.3, -0.25) is 0 Å². The Morgan fingerprint density at radius 1 is 1.25 bits per heavy atom. The van der Waals surface area contributed by atoms with E-state index in [0.29, 0.717) is 5.56 Å². The molecule has 1 aliphatic rings. The van der Waals surface area contributed by atoms with Gasteiger partial charge in [-0.1, -0.05) is 6.07 Å². The van der Waals surface area contributed by atoms with Crippen LogP contribution >= 0.6 is 11.3 Å². The number of hydrogen-bond acceptors (Lipinski definition) is 6. The van der Waals surface area contributed by atoms with Gasteiger partial charge in [-0.05, 0) is 46.7 Å². The lowest BCUT2D eigenvalue weighted by Gasteiger charge is -2.11. The van der Waals surface area contributed by atoms with Crippen LogP contribution in [0.25, 0.3) is 6.08 Å². The van der Waals surface area contributed by atoms with Gasteiger partial charge in [0.1, 0.15) is 0 Å². The number of carbonyl (C=O) groups is 1. The number of thiophene rings is 1.